The SMILES string of the molecule is CN(C)C(N(C)C)C(C)(C)CCC[SiH3]. The van der Waals surface area contributed by atoms with Crippen molar-refractivity contribution >= 4 is 10.2 Å². The van der Waals surface area contributed by atoms with Gasteiger partial charge in [0.15, 0.2) is 0 Å². The molecule has 0 N–H and O–H groups in total. The molecule has 0 aromatic heterocycles. The first-order valence-electron chi connectivity index (χ1n) is 5.65. The maximum Gasteiger partial charge on any atom is 0.0665 e. The minimum atomic E-state index is 0.386. The predicted octanol–water partition coefficient (Wildman–Crippen LogP) is 1.03. The summed E-state index contributed by atoms with van der Waals surface area (Å²) < 4.78 is 0. The second kappa shape index (κ2) is 5.88. The lowest BCUT2D eigenvalue weighted by atomic mass is 9.83. The van der Waals surface area contributed by atoms with E-state index >= 15 is 0 Å². The summed E-state index contributed by atoms with van der Waals surface area (Å²) in [6.45, 7) is 4.77. The highest BCUT2D eigenvalue weighted by atomic mass is 28.1. The molecule has 0 bridgehead atoms. The van der Waals surface area contributed by atoms with Crippen LogP contribution in [-0.2, 0) is 0 Å². The van der Waals surface area contributed by atoms with Gasteiger partial charge >= 0.3 is 0 Å². The molecule has 0 fully saturated rings. The summed E-state index contributed by atoms with van der Waals surface area (Å²) in [5, 5.41) is 0. The van der Waals surface area contributed by atoms with Gasteiger partial charge < -0.3 is 0 Å². The molecule has 0 heterocycles. The van der Waals surface area contributed by atoms with E-state index in [-0.39, 0.29) is 0 Å². The van der Waals surface area contributed by atoms with Gasteiger partial charge in [-0.15, -0.1) is 0 Å². The lowest BCUT2D eigenvalue weighted by Gasteiger charge is -2.43. The van der Waals surface area contributed by atoms with Gasteiger partial charge in [0, 0.05) is 10.2 Å². The van der Waals surface area contributed by atoms with Crippen LogP contribution >= 0.6 is 0 Å². The Morgan fingerprint density at radius 2 is 1.50 bits per heavy atom. The molecule has 0 amide bonds. The minimum absolute atomic E-state index is 0.386. The van der Waals surface area contributed by atoms with Crippen LogP contribution in [0.2, 0.25) is 6.04 Å². The van der Waals surface area contributed by atoms with Gasteiger partial charge in [-0.25, -0.2) is 0 Å². The second-order valence-corrected chi connectivity index (χ2v) is 6.39. The third-order valence-electron chi connectivity index (χ3n) is 2.85. The smallest absolute Gasteiger partial charge is 0.0665 e. The number of hydrogen-bond acceptors (Lipinski definition) is 2. The maximum absolute atomic E-state index is 2.38. The lowest BCUT2D eigenvalue weighted by molar-refractivity contribution is 0.0144. The molecule has 0 aliphatic carbocycles. The zero-order chi connectivity index (χ0) is 11.4. The summed E-state index contributed by atoms with van der Waals surface area (Å²) in [7, 11) is 10.0. The van der Waals surface area contributed by atoms with Crippen molar-refractivity contribution < 1.29 is 0 Å². The zero-order valence-corrected chi connectivity index (χ0v) is 13.1. The molecule has 0 spiro atoms. The lowest BCUT2D eigenvalue weighted by Crippen LogP contribution is -2.50. The molecule has 0 aliphatic heterocycles. The molecule has 0 radical (unpaired) electrons. The first-order valence-corrected chi connectivity index (χ1v) is 7.07. The van der Waals surface area contributed by atoms with Crippen molar-refractivity contribution in [3.63, 3.8) is 0 Å². The summed E-state index contributed by atoms with van der Waals surface area (Å²) in [6.07, 6.45) is 3.25. The van der Waals surface area contributed by atoms with Gasteiger partial charge in [-0.2, -0.15) is 0 Å². The predicted molar refractivity (Wildman–Crippen MR) is 68.9 cm³/mol. The monoisotopic (exact) mass is 216 g/mol. The number of hydrogen-bond donors (Lipinski definition) is 0. The minimum Gasteiger partial charge on any atom is -0.294 e. The largest absolute Gasteiger partial charge is 0.294 e. The fourth-order valence-electron chi connectivity index (χ4n) is 2.62. The highest BCUT2D eigenvalue weighted by molar-refractivity contribution is 6.08. The average Bonchev–Trinajstić information content (AvgIpc) is 1.98. The molecule has 0 atom stereocenters. The second-order valence-electron chi connectivity index (χ2n) is 5.39. The van der Waals surface area contributed by atoms with E-state index in [0.717, 1.165) is 0 Å². The van der Waals surface area contributed by atoms with E-state index in [1.165, 1.54) is 29.1 Å². The molecule has 0 unspecified atom stereocenters. The Labute approximate surface area is 93.1 Å². The van der Waals surface area contributed by atoms with Crippen LogP contribution in [0, 0.1) is 5.41 Å². The molecule has 14 heavy (non-hydrogen) atoms. The van der Waals surface area contributed by atoms with Gasteiger partial charge in [0.1, 0.15) is 0 Å². The molecule has 0 saturated carbocycles. The number of nitrogens with zero attached hydrogens (tertiary/aromatic N) is 2. The van der Waals surface area contributed by atoms with Crippen molar-refractivity contribution in [2.75, 3.05) is 28.2 Å². The first kappa shape index (κ1) is 14.1. The molecule has 0 aliphatic rings. The molecule has 3 heteroatoms. The van der Waals surface area contributed by atoms with Gasteiger partial charge in [0.25, 0.3) is 0 Å². The molecule has 0 aromatic carbocycles. The van der Waals surface area contributed by atoms with Crippen molar-refractivity contribution in [1.29, 1.82) is 0 Å². The summed E-state index contributed by atoms with van der Waals surface area (Å²) in [4.78, 5) is 4.65. The molecule has 2 nitrogen and oxygen atoms in total. The molecule has 86 valence electrons. The maximum atomic E-state index is 2.38. The van der Waals surface area contributed by atoms with E-state index in [4.69, 9.17) is 0 Å². The van der Waals surface area contributed by atoms with Crippen LogP contribution in [0.5, 0.6) is 0 Å². The Morgan fingerprint density at radius 1 is 1.07 bits per heavy atom. The van der Waals surface area contributed by atoms with E-state index in [2.05, 4.69) is 51.8 Å². The molecule has 0 aromatic rings. The quantitative estimate of drug-likeness (QED) is 0.483. The summed E-state index contributed by atoms with van der Waals surface area (Å²) in [5.74, 6) is 0. The topological polar surface area (TPSA) is 6.48 Å². The number of rotatable bonds is 6. The average molecular weight is 216 g/mol. The highest BCUT2D eigenvalue weighted by Gasteiger charge is 2.31. The normalized spacial score (nSPS) is 13.5. The Balaban J connectivity index is 4.45. The summed E-state index contributed by atoms with van der Waals surface area (Å²) >= 11 is 0. The van der Waals surface area contributed by atoms with Crippen LogP contribution in [0.25, 0.3) is 0 Å². The standard InChI is InChI=1S/C11H28N2Si/c1-11(2,8-7-9-14)10(12(3)4)13(5)6/h10H,7-9H2,1-6,14H3. The van der Waals surface area contributed by atoms with Crippen LogP contribution in [0.1, 0.15) is 26.7 Å². The van der Waals surface area contributed by atoms with Crippen LogP contribution in [-0.4, -0.2) is 54.4 Å². The van der Waals surface area contributed by atoms with E-state index in [9.17, 15) is 0 Å². The van der Waals surface area contributed by atoms with Crippen molar-refractivity contribution in [3.8, 4) is 0 Å². The van der Waals surface area contributed by atoms with Crippen LogP contribution in [0.3, 0.4) is 0 Å². The van der Waals surface area contributed by atoms with Crippen LogP contribution in [0.4, 0.5) is 0 Å². The van der Waals surface area contributed by atoms with Crippen molar-refractivity contribution in [2.45, 2.75) is 38.9 Å². The Bertz CT molecular complexity index is 147. The molecular weight excluding hydrogens is 188 g/mol. The van der Waals surface area contributed by atoms with Gasteiger partial charge in [-0.3, -0.25) is 9.80 Å². The fourth-order valence-corrected chi connectivity index (χ4v) is 2.97. The van der Waals surface area contributed by atoms with Gasteiger partial charge in [-0.05, 0) is 40.0 Å². The van der Waals surface area contributed by atoms with Crippen molar-refractivity contribution in [1.82, 2.24) is 9.80 Å². The molecule has 0 saturated heterocycles. The van der Waals surface area contributed by atoms with Crippen molar-refractivity contribution in [2.24, 2.45) is 5.41 Å². The van der Waals surface area contributed by atoms with E-state index in [1.54, 1.807) is 0 Å². The molecular formula is C11H28N2Si. The highest BCUT2D eigenvalue weighted by Crippen LogP contribution is 2.31. The van der Waals surface area contributed by atoms with Gasteiger partial charge in [0.2, 0.25) is 0 Å². The third-order valence-corrected chi connectivity index (χ3v) is 3.56. The Kier molecular flexibility index (Phi) is 5.94. The van der Waals surface area contributed by atoms with E-state index in [1.807, 2.05) is 0 Å². The molecule has 0 rings (SSSR count). The van der Waals surface area contributed by atoms with Crippen LogP contribution < -0.4 is 0 Å². The van der Waals surface area contributed by atoms with Gasteiger partial charge in [0.05, 0.1) is 6.17 Å². The summed E-state index contributed by atoms with van der Waals surface area (Å²) in [6, 6.07) is 1.43. The first-order chi connectivity index (χ1) is 6.33. The van der Waals surface area contributed by atoms with Crippen molar-refractivity contribution in [3.05, 3.63) is 0 Å². The Morgan fingerprint density at radius 3 is 1.79 bits per heavy atom. The zero-order valence-electron chi connectivity index (χ0n) is 11.1. The van der Waals surface area contributed by atoms with Crippen LogP contribution in [0.15, 0.2) is 0 Å². The van der Waals surface area contributed by atoms with Gasteiger partial charge in [-0.1, -0.05) is 26.3 Å². The Hall–Kier alpha value is 0.137. The summed E-state index contributed by atoms with van der Waals surface area (Å²) in [5.41, 5.74) is 0.386. The van der Waals surface area contributed by atoms with E-state index in [0.29, 0.717) is 11.6 Å². The fraction of sp³-hybridized carbons (Fsp3) is 1.00. The van der Waals surface area contributed by atoms with E-state index < -0.39 is 0 Å². The third kappa shape index (κ3) is 4.11.